The van der Waals surface area contributed by atoms with Gasteiger partial charge in [0, 0.05) is 4.47 Å². The molecule has 2 nitrogen and oxygen atoms in total. The first-order valence-electron chi connectivity index (χ1n) is 5.79. The highest BCUT2D eigenvalue weighted by Crippen LogP contribution is 2.30. The quantitative estimate of drug-likeness (QED) is 0.556. The minimum absolute atomic E-state index is 0.164. The van der Waals surface area contributed by atoms with Crippen LogP contribution in [0.4, 0.5) is 4.39 Å². The molecule has 0 radical (unpaired) electrons. The Morgan fingerprint density at radius 3 is 2.80 bits per heavy atom. The van der Waals surface area contributed by atoms with Crippen LogP contribution in [0.5, 0.6) is 0 Å². The van der Waals surface area contributed by atoms with E-state index in [1.54, 1.807) is 28.8 Å². The third-order valence-electron chi connectivity index (χ3n) is 2.97. The molecular formula is C14H8BrCl2FN2. The zero-order chi connectivity index (χ0) is 14.3. The lowest BCUT2D eigenvalue weighted by Crippen LogP contribution is -2.02. The van der Waals surface area contributed by atoms with E-state index in [4.69, 9.17) is 23.2 Å². The molecule has 0 saturated carbocycles. The molecule has 0 amide bonds. The number of rotatable bonds is 2. The lowest BCUT2D eigenvalue weighted by Gasteiger charge is -2.10. The summed E-state index contributed by atoms with van der Waals surface area (Å²) >= 11 is 15.5. The lowest BCUT2D eigenvalue weighted by atomic mass is 10.2. The van der Waals surface area contributed by atoms with Gasteiger partial charge in [0.2, 0.25) is 0 Å². The van der Waals surface area contributed by atoms with E-state index < -0.39 is 0 Å². The topological polar surface area (TPSA) is 17.8 Å². The second-order valence-corrected chi connectivity index (χ2v) is 5.79. The standard InChI is InChI=1S/C14H8BrCl2FN2/c15-8-4-5-10(18)12(6-8)20-13(7-16)19-11-3-1-2-9(17)14(11)20/h1-6H,7H2. The van der Waals surface area contributed by atoms with Crippen molar-refractivity contribution in [3.63, 3.8) is 0 Å². The molecule has 102 valence electrons. The van der Waals surface area contributed by atoms with E-state index in [1.807, 2.05) is 6.07 Å². The Labute approximate surface area is 133 Å². The van der Waals surface area contributed by atoms with Gasteiger partial charge in [-0.25, -0.2) is 9.37 Å². The zero-order valence-corrected chi connectivity index (χ0v) is 13.2. The number of hydrogen-bond donors (Lipinski definition) is 0. The predicted octanol–water partition coefficient (Wildman–Crippen LogP) is 5.32. The second-order valence-electron chi connectivity index (χ2n) is 4.20. The molecule has 0 atom stereocenters. The summed E-state index contributed by atoms with van der Waals surface area (Å²) in [5, 5.41) is 0.505. The summed E-state index contributed by atoms with van der Waals surface area (Å²) in [7, 11) is 0. The number of hydrogen-bond acceptors (Lipinski definition) is 1. The Morgan fingerprint density at radius 2 is 2.05 bits per heavy atom. The smallest absolute Gasteiger partial charge is 0.147 e. The fraction of sp³-hybridized carbons (Fsp3) is 0.0714. The van der Waals surface area contributed by atoms with Gasteiger partial charge in [-0.15, -0.1) is 11.6 Å². The summed E-state index contributed by atoms with van der Waals surface area (Å²) in [6.45, 7) is 0. The van der Waals surface area contributed by atoms with Crippen molar-refractivity contribution in [2.45, 2.75) is 5.88 Å². The number of halogens is 4. The third-order valence-corrected chi connectivity index (χ3v) is 4.00. The molecule has 0 saturated heterocycles. The van der Waals surface area contributed by atoms with Crippen LogP contribution in [0.15, 0.2) is 40.9 Å². The maximum absolute atomic E-state index is 14.2. The van der Waals surface area contributed by atoms with Crippen LogP contribution in [0.1, 0.15) is 5.82 Å². The van der Waals surface area contributed by atoms with E-state index in [1.165, 1.54) is 6.07 Å². The van der Waals surface area contributed by atoms with Gasteiger partial charge in [-0.05, 0) is 30.3 Å². The van der Waals surface area contributed by atoms with Gasteiger partial charge in [0.15, 0.2) is 0 Å². The molecule has 2 aromatic carbocycles. The Morgan fingerprint density at radius 1 is 1.25 bits per heavy atom. The van der Waals surface area contributed by atoms with Crippen LogP contribution in [0.25, 0.3) is 16.7 Å². The average molecular weight is 374 g/mol. The molecule has 0 unspecified atom stereocenters. The van der Waals surface area contributed by atoms with Crippen molar-refractivity contribution in [1.82, 2.24) is 9.55 Å². The van der Waals surface area contributed by atoms with Crippen LogP contribution in [0, 0.1) is 5.82 Å². The fourth-order valence-electron chi connectivity index (χ4n) is 2.14. The Balaban J connectivity index is 2.42. The highest BCUT2D eigenvalue weighted by Gasteiger charge is 2.17. The average Bonchev–Trinajstić information content (AvgIpc) is 2.81. The van der Waals surface area contributed by atoms with Gasteiger partial charge in [-0.3, -0.25) is 4.57 Å². The summed E-state index contributed by atoms with van der Waals surface area (Å²) in [5.74, 6) is 0.349. The molecule has 1 heterocycles. The van der Waals surface area contributed by atoms with Crippen molar-refractivity contribution in [1.29, 1.82) is 0 Å². The number of nitrogens with zero attached hydrogens (tertiary/aromatic N) is 2. The molecular weight excluding hydrogens is 366 g/mol. The predicted molar refractivity (Wildman–Crippen MR) is 83.3 cm³/mol. The number of aromatic nitrogens is 2. The molecule has 0 bridgehead atoms. The molecule has 6 heteroatoms. The highest BCUT2D eigenvalue weighted by atomic mass is 79.9. The van der Waals surface area contributed by atoms with E-state index in [0.29, 0.717) is 27.6 Å². The SMILES string of the molecule is Fc1ccc(Br)cc1-n1c(CCl)nc2cccc(Cl)c21. The minimum atomic E-state index is -0.362. The second kappa shape index (κ2) is 5.35. The molecule has 3 aromatic rings. The normalized spacial score (nSPS) is 11.2. The van der Waals surface area contributed by atoms with Crippen molar-refractivity contribution < 1.29 is 4.39 Å². The molecule has 3 rings (SSSR count). The van der Waals surface area contributed by atoms with Gasteiger partial charge < -0.3 is 0 Å². The third kappa shape index (κ3) is 2.22. The lowest BCUT2D eigenvalue weighted by molar-refractivity contribution is 0.617. The summed E-state index contributed by atoms with van der Waals surface area (Å²) in [5.41, 5.74) is 1.71. The van der Waals surface area contributed by atoms with E-state index in [0.717, 1.165) is 4.47 Å². The fourth-order valence-corrected chi connectivity index (χ4v) is 2.92. The molecule has 0 fully saturated rings. The molecule has 1 aromatic heterocycles. The van der Waals surface area contributed by atoms with Gasteiger partial charge in [-0.1, -0.05) is 33.6 Å². The molecule has 0 aliphatic carbocycles. The van der Waals surface area contributed by atoms with Crippen LogP contribution < -0.4 is 0 Å². The first-order chi connectivity index (χ1) is 9.61. The van der Waals surface area contributed by atoms with E-state index in [2.05, 4.69) is 20.9 Å². The van der Waals surface area contributed by atoms with Crippen LogP contribution in [0.2, 0.25) is 5.02 Å². The van der Waals surface area contributed by atoms with E-state index in [-0.39, 0.29) is 11.7 Å². The van der Waals surface area contributed by atoms with E-state index in [9.17, 15) is 4.39 Å². The Bertz CT molecular complexity index is 801. The molecule has 0 spiro atoms. The molecule has 0 aliphatic rings. The first-order valence-corrected chi connectivity index (χ1v) is 7.49. The van der Waals surface area contributed by atoms with Gasteiger partial charge in [0.1, 0.15) is 11.6 Å². The van der Waals surface area contributed by atoms with Gasteiger partial charge in [0.05, 0.1) is 27.6 Å². The summed E-state index contributed by atoms with van der Waals surface area (Å²) in [6, 6.07) is 10.1. The summed E-state index contributed by atoms with van der Waals surface area (Å²) < 4.78 is 16.6. The Kier molecular flexibility index (Phi) is 3.71. The van der Waals surface area contributed by atoms with Crippen LogP contribution in [-0.2, 0) is 5.88 Å². The van der Waals surface area contributed by atoms with Crippen LogP contribution in [0.3, 0.4) is 0 Å². The molecule has 20 heavy (non-hydrogen) atoms. The monoisotopic (exact) mass is 372 g/mol. The summed E-state index contributed by atoms with van der Waals surface area (Å²) in [4.78, 5) is 4.40. The van der Waals surface area contributed by atoms with Crippen LogP contribution >= 0.6 is 39.1 Å². The van der Waals surface area contributed by atoms with Crippen molar-refractivity contribution in [3.8, 4) is 5.69 Å². The number of alkyl halides is 1. The van der Waals surface area contributed by atoms with Gasteiger partial charge in [-0.2, -0.15) is 0 Å². The minimum Gasteiger partial charge on any atom is -0.291 e. The first kappa shape index (κ1) is 13.9. The number of benzene rings is 2. The molecule has 0 aliphatic heterocycles. The Hall–Kier alpha value is -1.10. The van der Waals surface area contributed by atoms with Crippen molar-refractivity contribution in [2.24, 2.45) is 0 Å². The van der Waals surface area contributed by atoms with Crippen molar-refractivity contribution >= 4 is 50.2 Å². The van der Waals surface area contributed by atoms with Crippen molar-refractivity contribution in [2.75, 3.05) is 0 Å². The maximum atomic E-state index is 14.2. The van der Waals surface area contributed by atoms with E-state index >= 15 is 0 Å². The highest BCUT2D eigenvalue weighted by molar-refractivity contribution is 9.10. The van der Waals surface area contributed by atoms with Gasteiger partial charge in [0.25, 0.3) is 0 Å². The number of para-hydroxylation sites is 1. The maximum Gasteiger partial charge on any atom is 0.147 e. The largest absolute Gasteiger partial charge is 0.291 e. The molecule has 0 N–H and O–H groups in total. The zero-order valence-electron chi connectivity index (χ0n) is 10.1. The number of fused-ring (bicyclic) bond motifs is 1. The van der Waals surface area contributed by atoms with Crippen molar-refractivity contribution in [3.05, 3.63) is 57.5 Å². The van der Waals surface area contributed by atoms with Gasteiger partial charge >= 0.3 is 0 Å². The number of imidazole rings is 1. The summed E-state index contributed by atoms with van der Waals surface area (Å²) in [6.07, 6.45) is 0. The van der Waals surface area contributed by atoms with Crippen LogP contribution in [-0.4, -0.2) is 9.55 Å².